The van der Waals surface area contributed by atoms with Crippen LogP contribution in [0.3, 0.4) is 0 Å². The Balaban J connectivity index is 1.65. The third-order valence-corrected chi connectivity index (χ3v) is 5.09. The van der Waals surface area contributed by atoms with E-state index in [2.05, 4.69) is 42.3 Å². The molecule has 0 saturated heterocycles. The Hall–Kier alpha value is -2.62. The minimum Gasteiger partial charge on any atom is -0.345 e. The number of amides is 1. The van der Waals surface area contributed by atoms with Crippen LogP contribution in [0.4, 0.5) is 0 Å². The van der Waals surface area contributed by atoms with E-state index in [9.17, 15) is 4.79 Å². The SMILES string of the molecule is CC(C)c1ccnc2c(C(=O)NC3CCCc4ccccc43)ccn12. The van der Waals surface area contributed by atoms with E-state index in [1.165, 1.54) is 11.1 Å². The van der Waals surface area contributed by atoms with Crippen LogP contribution in [-0.2, 0) is 6.42 Å². The molecule has 4 rings (SSSR count). The lowest BCUT2D eigenvalue weighted by molar-refractivity contribution is 0.0934. The second kappa shape index (κ2) is 6.36. The zero-order valence-corrected chi connectivity index (χ0v) is 14.7. The molecule has 0 bridgehead atoms. The van der Waals surface area contributed by atoms with Gasteiger partial charge in [0.25, 0.3) is 5.91 Å². The Labute approximate surface area is 147 Å². The number of nitrogens with one attached hydrogen (secondary N) is 1. The lowest BCUT2D eigenvalue weighted by atomic mass is 9.87. The van der Waals surface area contributed by atoms with Gasteiger partial charge in [-0.15, -0.1) is 0 Å². The first-order chi connectivity index (χ1) is 12.1. The van der Waals surface area contributed by atoms with Crippen molar-refractivity contribution in [1.29, 1.82) is 0 Å². The van der Waals surface area contributed by atoms with Crippen LogP contribution < -0.4 is 5.32 Å². The molecular weight excluding hydrogens is 310 g/mol. The first-order valence-corrected chi connectivity index (χ1v) is 9.00. The lowest BCUT2D eigenvalue weighted by Gasteiger charge is -2.26. The predicted octanol–water partition coefficient (Wildman–Crippen LogP) is 4.27. The Morgan fingerprint density at radius 3 is 2.92 bits per heavy atom. The second-order valence-electron chi connectivity index (χ2n) is 7.06. The van der Waals surface area contributed by atoms with Crippen molar-refractivity contribution in [3.63, 3.8) is 0 Å². The molecule has 1 aliphatic carbocycles. The van der Waals surface area contributed by atoms with Gasteiger partial charge in [0, 0.05) is 18.1 Å². The first kappa shape index (κ1) is 15.9. The zero-order valence-electron chi connectivity index (χ0n) is 14.7. The number of rotatable bonds is 3. The van der Waals surface area contributed by atoms with Crippen molar-refractivity contribution in [2.24, 2.45) is 0 Å². The fourth-order valence-electron chi connectivity index (χ4n) is 3.82. The average molecular weight is 333 g/mol. The predicted molar refractivity (Wildman–Crippen MR) is 98.9 cm³/mol. The van der Waals surface area contributed by atoms with Gasteiger partial charge in [-0.05, 0) is 48.4 Å². The maximum absolute atomic E-state index is 12.9. The van der Waals surface area contributed by atoms with Gasteiger partial charge >= 0.3 is 0 Å². The highest BCUT2D eigenvalue weighted by atomic mass is 16.1. The number of hydrogen-bond acceptors (Lipinski definition) is 2. The minimum atomic E-state index is -0.0439. The zero-order chi connectivity index (χ0) is 17.4. The molecule has 1 aromatic carbocycles. The minimum absolute atomic E-state index is 0.0439. The lowest BCUT2D eigenvalue weighted by Crippen LogP contribution is -2.31. The first-order valence-electron chi connectivity index (χ1n) is 9.00. The third-order valence-electron chi connectivity index (χ3n) is 5.09. The number of benzene rings is 1. The third kappa shape index (κ3) is 2.82. The van der Waals surface area contributed by atoms with E-state index in [0.717, 1.165) is 30.6 Å². The summed E-state index contributed by atoms with van der Waals surface area (Å²) in [5.41, 5.74) is 5.13. The van der Waals surface area contributed by atoms with Crippen molar-refractivity contribution in [2.75, 3.05) is 0 Å². The maximum atomic E-state index is 12.9. The van der Waals surface area contributed by atoms with Gasteiger partial charge < -0.3 is 9.72 Å². The largest absolute Gasteiger partial charge is 0.345 e. The highest BCUT2D eigenvalue weighted by Gasteiger charge is 2.23. The monoisotopic (exact) mass is 333 g/mol. The highest BCUT2D eigenvalue weighted by molar-refractivity contribution is 6.00. The number of nitrogens with zero attached hydrogens (tertiary/aromatic N) is 2. The molecule has 0 radical (unpaired) electrons. The van der Waals surface area contributed by atoms with Crippen molar-refractivity contribution in [2.45, 2.75) is 45.1 Å². The standard InChI is InChI=1S/C21H23N3O/c1-14(2)19-10-12-22-20-17(11-13-24(19)20)21(25)23-18-9-5-7-15-6-3-4-8-16(15)18/h3-4,6,8,10-14,18H,5,7,9H2,1-2H3,(H,23,25). The van der Waals surface area contributed by atoms with Crippen LogP contribution in [0.2, 0.25) is 0 Å². The number of aromatic nitrogens is 2. The molecule has 0 aliphatic heterocycles. The molecule has 1 N–H and O–H groups in total. The Morgan fingerprint density at radius 2 is 2.08 bits per heavy atom. The number of hydrogen-bond donors (Lipinski definition) is 1. The molecule has 1 aliphatic rings. The molecule has 0 fully saturated rings. The number of aryl methyl sites for hydroxylation is 1. The molecule has 0 saturated carbocycles. The molecule has 0 spiro atoms. The van der Waals surface area contributed by atoms with E-state index in [-0.39, 0.29) is 11.9 Å². The van der Waals surface area contributed by atoms with Crippen molar-refractivity contribution in [1.82, 2.24) is 14.7 Å². The van der Waals surface area contributed by atoms with Crippen molar-refractivity contribution >= 4 is 11.6 Å². The van der Waals surface area contributed by atoms with Crippen LogP contribution in [-0.4, -0.2) is 15.3 Å². The molecule has 3 aromatic rings. The molecule has 25 heavy (non-hydrogen) atoms. The summed E-state index contributed by atoms with van der Waals surface area (Å²) >= 11 is 0. The summed E-state index contributed by atoms with van der Waals surface area (Å²) in [7, 11) is 0. The van der Waals surface area contributed by atoms with Crippen LogP contribution in [0.1, 0.15) is 65.8 Å². The van der Waals surface area contributed by atoms with Crippen LogP contribution >= 0.6 is 0 Å². The molecule has 1 amide bonds. The number of fused-ring (bicyclic) bond motifs is 2. The molecular formula is C21H23N3O. The summed E-state index contributed by atoms with van der Waals surface area (Å²) in [5, 5.41) is 3.23. The van der Waals surface area contributed by atoms with Gasteiger partial charge in [0.1, 0.15) is 5.65 Å². The van der Waals surface area contributed by atoms with Gasteiger partial charge in [-0.2, -0.15) is 0 Å². The van der Waals surface area contributed by atoms with Crippen molar-refractivity contribution in [3.8, 4) is 0 Å². The molecule has 1 unspecified atom stereocenters. The van der Waals surface area contributed by atoms with E-state index in [1.807, 2.05) is 28.8 Å². The van der Waals surface area contributed by atoms with E-state index >= 15 is 0 Å². The molecule has 2 aromatic heterocycles. The van der Waals surface area contributed by atoms with Crippen LogP contribution in [0.5, 0.6) is 0 Å². The normalized spacial score (nSPS) is 16.8. The summed E-state index contributed by atoms with van der Waals surface area (Å²) in [6, 6.07) is 12.4. The molecule has 2 heterocycles. The summed E-state index contributed by atoms with van der Waals surface area (Å²) in [6.07, 6.45) is 6.92. The second-order valence-corrected chi connectivity index (χ2v) is 7.06. The quantitative estimate of drug-likeness (QED) is 0.778. The van der Waals surface area contributed by atoms with Gasteiger partial charge in [0.15, 0.2) is 0 Å². The van der Waals surface area contributed by atoms with Crippen molar-refractivity contribution < 1.29 is 4.79 Å². The van der Waals surface area contributed by atoms with Crippen molar-refractivity contribution in [3.05, 3.63) is 71.2 Å². The summed E-state index contributed by atoms with van der Waals surface area (Å²) < 4.78 is 2.02. The fraction of sp³-hybridized carbons (Fsp3) is 0.333. The van der Waals surface area contributed by atoms with E-state index < -0.39 is 0 Å². The van der Waals surface area contributed by atoms with Crippen LogP contribution in [0.15, 0.2) is 48.8 Å². The van der Waals surface area contributed by atoms with E-state index in [1.54, 1.807) is 6.20 Å². The highest BCUT2D eigenvalue weighted by Crippen LogP contribution is 2.30. The Bertz CT molecular complexity index is 926. The average Bonchev–Trinajstić information content (AvgIpc) is 3.06. The molecule has 128 valence electrons. The van der Waals surface area contributed by atoms with E-state index in [0.29, 0.717) is 11.5 Å². The molecule has 4 nitrogen and oxygen atoms in total. The van der Waals surface area contributed by atoms with E-state index in [4.69, 9.17) is 0 Å². The fourth-order valence-corrected chi connectivity index (χ4v) is 3.82. The van der Waals surface area contributed by atoms with Gasteiger partial charge in [-0.3, -0.25) is 4.79 Å². The Morgan fingerprint density at radius 1 is 1.24 bits per heavy atom. The van der Waals surface area contributed by atoms with Gasteiger partial charge in [-0.25, -0.2) is 4.98 Å². The molecule has 1 atom stereocenters. The van der Waals surface area contributed by atoms with Crippen LogP contribution in [0.25, 0.3) is 5.65 Å². The van der Waals surface area contributed by atoms with Crippen LogP contribution in [0, 0.1) is 0 Å². The summed E-state index contributed by atoms with van der Waals surface area (Å²) in [4.78, 5) is 17.4. The smallest absolute Gasteiger partial charge is 0.255 e. The topological polar surface area (TPSA) is 46.4 Å². The van der Waals surface area contributed by atoms with Gasteiger partial charge in [0.2, 0.25) is 0 Å². The summed E-state index contributed by atoms with van der Waals surface area (Å²) in [5.74, 6) is 0.330. The van der Waals surface area contributed by atoms with Gasteiger partial charge in [-0.1, -0.05) is 38.1 Å². The maximum Gasteiger partial charge on any atom is 0.255 e. The number of carbonyl (C=O) groups is 1. The van der Waals surface area contributed by atoms with Gasteiger partial charge in [0.05, 0.1) is 11.6 Å². The summed E-state index contributed by atoms with van der Waals surface area (Å²) in [6.45, 7) is 4.29. The number of carbonyl (C=O) groups excluding carboxylic acids is 1. The Kier molecular flexibility index (Phi) is 4.04. The molecule has 4 heteroatoms.